The van der Waals surface area contributed by atoms with E-state index in [0.29, 0.717) is 5.92 Å². The summed E-state index contributed by atoms with van der Waals surface area (Å²) in [5.74, 6) is 0.592. The van der Waals surface area contributed by atoms with Crippen LogP contribution in [0.2, 0.25) is 0 Å². The average Bonchev–Trinajstić information content (AvgIpc) is 2.69. The first-order chi connectivity index (χ1) is 6.93. The van der Waals surface area contributed by atoms with Crippen LogP contribution >= 0.6 is 0 Å². The molecule has 2 N–H and O–H groups in total. The van der Waals surface area contributed by atoms with Crippen LogP contribution in [0.25, 0.3) is 0 Å². The van der Waals surface area contributed by atoms with Gasteiger partial charge in [-0.15, -0.1) is 0 Å². The molecule has 4 heteroatoms. The highest BCUT2D eigenvalue weighted by Crippen LogP contribution is 2.48. The minimum Gasteiger partial charge on any atom is -0.325 e. The highest BCUT2D eigenvalue weighted by molar-refractivity contribution is 5.03. The summed E-state index contributed by atoms with van der Waals surface area (Å²) < 4.78 is 1.91. The standard InChI is InChI=1S/C11H20N4/c1-10(2)9(4-5-11(10,3)12)6-15-8-13-7-14-15/h7-9H,4-6,12H2,1-3H3/t9-,11-/m0/s1. The van der Waals surface area contributed by atoms with Crippen molar-refractivity contribution in [2.45, 2.75) is 45.7 Å². The number of nitrogens with zero attached hydrogens (tertiary/aromatic N) is 3. The van der Waals surface area contributed by atoms with E-state index >= 15 is 0 Å². The Labute approximate surface area is 90.9 Å². The lowest BCUT2D eigenvalue weighted by molar-refractivity contribution is 0.147. The molecule has 15 heavy (non-hydrogen) atoms. The van der Waals surface area contributed by atoms with Crippen molar-refractivity contribution in [2.24, 2.45) is 17.1 Å². The van der Waals surface area contributed by atoms with Crippen molar-refractivity contribution >= 4 is 0 Å². The van der Waals surface area contributed by atoms with Gasteiger partial charge in [0.25, 0.3) is 0 Å². The van der Waals surface area contributed by atoms with Crippen LogP contribution in [0.4, 0.5) is 0 Å². The summed E-state index contributed by atoms with van der Waals surface area (Å²) in [6.45, 7) is 7.62. The molecule has 2 atom stereocenters. The van der Waals surface area contributed by atoms with E-state index in [1.807, 2.05) is 4.68 Å². The van der Waals surface area contributed by atoms with Crippen LogP contribution in [-0.4, -0.2) is 20.3 Å². The molecule has 1 fully saturated rings. The molecule has 0 saturated heterocycles. The number of rotatable bonds is 2. The molecule has 84 valence electrons. The molecule has 0 spiro atoms. The molecular weight excluding hydrogens is 188 g/mol. The van der Waals surface area contributed by atoms with Crippen molar-refractivity contribution < 1.29 is 0 Å². The van der Waals surface area contributed by atoms with Gasteiger partial charge in [0.05, 0.1) is 0 Å². The number of hydrogen-bond acceptors (Lipinski definition) is 3. The number of hydrogen-bond donors (Lipinski definition) is 1. The first-order valence-corrected chi connectivity index (χ1v) is 5.55. The quantitative estimate of drug-likeness (QED) is 0.800. The second kappa shape index (κ2) is 3.30. The maximum absolute atomic E-state index is 6.33. The van der Waals surface area contributed by atoms with Gasteiger partial charge in [-0.3, -0.25) is 4.68 Å². The van der Waals surface area contributed by atoms with E-state index in [4.69, 9.17) is 5.73 Å². The maximum atomic E-state index is 6.33. The molecule has 1 saturated carbocycles. The Bertz CT molecular complexity index is 326. The summed E-state index contributed by atoms with van der Waals surface area (Å²) in [5.41, 5.74) is 6.44. The molecule has 1 heterocycles. The van der Waals surface area contributed by atoms with E-state index in [0.717, 1.165) is 13.0 Å². The monoisotopic (exact) mass is 208 g/mol. The summed E-state index contributed by atoms with van der Waals surface area (Å²) in [4.78, 5) is 3.97. The summed E-state index contributed by atoms with van der Waals surface area (Å²) >= 11 is 0. The Hall–Kier alpha value is -0.900. The summed E-state index contributed by atoms with van der Waals surface area (Å²) in [5, 5.41) is 4.16. The van der Waals surface area contributed by atoms with Crippen LogP contribution in [0.1, 0.15) is 33.6 Å². The molecule has 0 bridgehead atoms. The summed E-state index contributed by atoms with van der Waals surface area (Å²) in [6, 6.07) is 0. The Kier molecular flexibility index (Phi) is 2.34. The second-order valence-electron chi connectivity index (χ2n) is 5.49. The van der Waals surface area contributed by atoms with E-state index in [1.54, 1.807) is 12.7 Å². The summed E-state index contributed by atoms with van der Waals surface area (Å²) in [7, 11) is 0. The maximum Gasteiger partial charge on any atom is 0.137 e. The first kappa shape index (κ1) is 10.6. The first-order valence-electron chi connectivity index (χ1n) is 5.55. The number of aromatic nitrogens is 3. The Morgan fingerprint density at radius 3 is 2.67 bits per heavy atom. The fourth-order valence-corrected chi connectivity index (χ4v) is 2.50. The van der Waals surface area contributed by atoms with E-state index in [1.165, 1.54) is 6.42 Å². The second-order valence-corrected chi connectivity index (χ2v) is 5.49. The molecule has 2 rings (SSSR count). The van der Waals surface area contributed by atoms with Crippen molar-refractivity contribution in [3.05, 3.63) is 12.7 Å². The fraction of sp³-hybridized carbons (Fsp3) is 0.818. The van der Waals surface area contributed by atoms with Gasteiger partial charge in [0, 0.05) is 12.1 Å². The highest BCUT2D eigenvalue weighted by Gasteiger charge is 2.48. The zero-order valence-electron chi connectivity index (χ0n) is 9.77. The topological polar surface area (TPSA) is 56.7 Å². The van der Waals surface area contributed by atoms with E-state index in [2.05, 4.69) is 30.9 Å². The lowest BCUT2D eigenvalue weighted by Crippen LogP contribution is -2.48. The van der Waals surface area contributed by atoms with Gasteiger partial charge in [-0.25, -0.2) is 4.98 Å². The molecule has 1 aliphatic carbocycles. The Morgan fingerprint density at radius 2 is 2.20 bits per heavy atom. The minimum absolute atomic E-state index is 0.0573. The predicted octanol–water partition coefficient (Wildman–Crippen LogP) is 1.43. The molecule has 0 radical (unpaired) electrons. The molecule has 0 aromatic carbocycles. The van der Waals surface area contributed by atoms with Crippen LogP contribution < -0.4 is 5.73 Å². The largest absolute Gasteiger partial charge is 0.325 e. The third-order valence-electron chi connectivity index (χ3n) is 4.38. The van der Waals surface area contributed by atoms with Gasteiger partial charge in [0.2, 0.25) is 0 Å². The predicted molar refractivity (Wildman–Crippen MR) is 59.1 cm³/mol. The molecule has 1 aromatic heterocycles. The molecule has 0 unspecified atom stereocenters. The zero-order valence-corrected chi connectivity index (χ0v) is 9.77. The van der Waals surface area contributed by atoms with Gasteiger partial charge in [0.15, 0.2) is 0 Å². The van der Waals surface area contributed by atoms with Crippen molar-refractivity contribution in [1.29, 1.82) is 0 Å². The normalized spacial score (nSPS) is 34.5. The van der Waals surface area contributed by atoms with Crippen molar-refractivity contribution in [3.8, 4) is 0 Å². The van der Waals surface area contributed by atoms with E-state index < -0.39 is 0 Å². The molecule has 1 aliphatic rings. The molecule has 4 nitrogen and oxygen atoms in total. The van der Waals surface area contributed by atoms with Crippen molar-refractivity contribution in [3.63, 3.8) is 0 Å². The fourth-order valence-electron chi connectivity index (χ4n) is 2.50. The molecule has 0 aliphatic heterocycles. The van der Waals surface area contributed by atoms with Gasteiger partial charge >= 0.3 is 0 Å². The van der Waals surface area contributed by atoms with E-state index in [-0.39, 0.29) is 11.0 Å². The minimum atomic E-state index is -0.0573. The lowest BCUT2D eigenvalue weighted by atomic mass is 9.72. The van der Waals surface area contributed by atoms with Gasteiger partial charge < -0.3 is 5.73 Å². The molecule has 0 amide bonds. The van der Waals surface area contributed by atoms with Gasteiger partial charge in [0.1, 0.15) is 12.7 Å². The van der Waals surface area contributed by atoms with Crippen LogP contribution in [0, 0.1) is 11.3 Å². The smallest absolute Gasteiger partial charge is 0.137 e. The van der Waals surface area contributed by atoms with Crippen molar-refractivity contribution in [2.75, 3.05) is 0 Å². The third-order valence-corrected chi connectivity index (χ3v) is 4.38. The van der Waals surface area contributed by atoms with Gasteiger partial charge in [-0.1, -0.05) is 13.8 Å². The molecular formula is C11H20N4. The molecule has 1 aromatic rings. The zero-order chi connectivity index (χ0) is 11.1. The summed E-state index contributed by atoms with van der Waals surface area (Å²) in [6.07, 6.45) is 5.64. The van der Waals surface area contributed by atoms with Gasteiger partial charge in [-0.05, 0) is 31.1 Å². The third kappa shape index (κ3) is 1.67. The lowest BCUT2D eigenvalue weighted by Gasteiger charge is -2.38. The van der Waals surface area contributed by atoms with Crippen LogP contribution in [0.15, 0.2) is 12.7 Å². The average molecular weight is 208 g/mol. The van der Waals surface area contributed by atoms with Crippen LogP contribution in [-0.2, 0) is 6.54 Å². The van der Waals surface area contributed by atoms with Crippen molar-refractivity contribution in [1.82, 2.24) is 14.8 Å². The van der Waals surface area contributed by atoms with Crippen LogP contribution in [0.3, 0.4) is 0 Å². The van der Waals surface area contributed by atoms with Gasteiger partial charge in [-0.2, -0.15) is 5.10 Å². The SMILES string of the molecule is CC1(C)[C@H](Cn2cncn2)CC[C@]1(C)N. The Balaban J connectivity index is 2.12. The highest BCUT2D eigenvalue weighted by atomic mass is 15.3. The Morgan fingerprint density at radius 1 is 1.47 bits per heavy atom. The van der Waals surface area contributed by atoms with E-state index in [9.17, 15) is 0 Å². The van der Waals surface area contributed by atoms with Crippen LogP contribution in [0.5, 0.6) is 0 Å². The number of nitrogens with two attached hydrogens (primary N) is 1.